The minimum Gasteiger partial charge on any atom is -0.394 e. The van der Waals surface area contributed by atoms with Crippen LogP contribution in [0.5, 0.6) is 0 Å². The van der Waals surface area contributed by atoms with Gasteiger partial charge >= 0.3 is 0 Å². The Hall–Kier alpha value is -0.120. The average Bonchev–Trinajstić information content (AvgIpc) is 2.30. The first-order valence-electron chi connectivity index (χ1n) is 3.74. The highest BCUT2D eigenvalue weighted by molar-refractivity contribution is 4.80. The molecule has 1 aliphatic heterocycles. The Kier molecular flexibility index (Phi) is 2.65. The van der Waals surface area contributed by atoms with Gasteiger partial charge in [0.25, 0.3) is 0 Å². The van der Waals surface area contributed by atoms with Crippen LogP contribution in [0.4, 0.5) is 0 Å². The number of hydrogen-bond donors (Lipinski definition) is 2. The number of ether oxygens (including phenoxy) is 1. The third-order valence-electron chi connectivity index (χ3n) is 2.05. The molecule has 0 spiro atoms. The molecule has 0 amide bonds. The van der Waals surface area contributed by atoms with E-state index in [1.807, 2.05) is 6.92 Å². The van der Waals surface area contributed by atoms with Crippen molar-refractivity contribution in [2.45, 2.75) is 25.6 Å². The van der Waals surface area contributed by atoms with Gasteiger partial charge in [0.05, 0.1) is 18.8 Å². The molecule has 60 valence electrons. The van der Waals surface area contributed by atoms with Gasteiger partial charge in [-0.25, -0.2) is 0 Å². The first-order chi connectivity index (χ1) is 4.77. The molecule has 3 nitrogen and oxygen atoms in total. The Morgan fingerprint density at radius 3 is 2.80 bits per heavy atom. The minimum atomic E-state index is -0.0139. The van der Waals surface area contributed by atoms with Gasteiger partial charge in [-0.2, -0.15) is 0 Å². The van der Waals surface area contributed by atoms with Crippen LogP contribution >= 0.6 is 0 Å². The molecule has 10 heavy (non-hydrogen) atoms. The van der Waals surface area contributed by atoms with Gasteiger partial charge in [0.2, 0.25) is 0 Å². The van der Waals surface area contributed by atoms with Crippen molar-refractivity contribution in [3.63, 3.8) is 0 Å². The van der Waals surface area contributed by atoms with Crippen LogP contribution in [0.25, 0.3) is 0 Å². The lowest BCUT2D eigenvalue weighted by Crippen LogP contribution is -2.26. The maximum atomic E-state index is 8.80. The SMILES string of the molecule is C[C@H]1C[C@@H](CN)[C@@H](CO)O1. The van der Waals surface area contributed by atoms with E-state index in [0.29, 0.717) is 12.5 Å². The van der Waals surface area contributed by atoms with E-state index in [1.54, 1.807) is 0 Å². The van der Waals surface area contributed by atoms with Crippen molar-refractivity contribution in [3.05, 3.63) is 0 Å². The molecule has 3 heteroatoms. The number of aliphatic hydroxyl groups is 1. The molecule has 0 aromatic heterocycles. The van der Waals surface area contributed by atoms with E-state index in [1.165, 1.54) is 0 Å². The summed E-state index contributed by atoms with van der Waals surface area (Å²) in [6, 6.07) is 0. The Labute approximate surface area is 61.2 Å². The molecule has 1 fully saturated rings. The fourth-order valence-electron chi connectivity index (χ4n) is 1.48. The first-order valence-corrected chi connectivity index (χ1v) is 3.74. The van der Waals surface area contributed by atoms with Gasteiger partial charge in [-0.1, -0.05) is 0 Å². The molecular weight excluding hydrogens is 130 g/mol. The maximum Gasteiger partial charge on any atom is 0.0850 e. The highest BCUT2D eigenvalue weighted by Gasteiger charge is 2.30. The summed E-state index contributed by atoms with van der Waals surface area (Å²) in [5, 5.41) is 8.80. The van der Waals surface area contributed by atoms with E-state index in [0.717, 1.165) is 6.42 Å². The predicted octanol–water partition coefficient (Wildman–Crippen LogP) is -0.269. The van der Waals surface area contributed by atoms with Gasteiger partial charge in [-0.15, -0.1) is 0 Å². The highest BCUT2D eigenvalue weighted by Crippen LogP contribution is 2.24. The molecule has 0 bridgehead atoms. The summed E-state index contributed by atoms with van der Waals surface area (Å²) in [4.78, 5) is 0. The number of hydrogen-bond acceptors (Lipinski definition) is 3. The van der Waals surface area contributed by atoms with E-state index >= 15 is 0 Å². The normalized spacial score (nSPS) is 40.5. The zero-order valence-corrected chi connectivity index (χ0v) is 6.29. The summed E-state index contributed by atoms with van der Waals surface area (Å²) in [6.07, 6.45) is 1.24. The van der Waals surface area contributed by atoms with Crippen LogP contribution in [0.1, 0.15) is 13.3 Å². The van der Waals surface area contributed by atoms with Gasteiger partial charge < -0.3 is 15.6 Å². The van der Waals surface area contributed by atoms with Crippen LogP contribution in [0.3, 0.4) is 0 Å². The third-order valence-corrected chi connectivity index (χ3v) is 2.05. The largest absolute Gasteiger partial charge is 0.394 e. The molecule has 0 unspecified atom stereocenters. The molecule has 1 aliphatic rings. The van der Waals surface area contributed by atoms with Crippen molar-refractivity contribution >= 4 is 0 Å². The van der Waals surface area contributed by atoms with Crippen LogP contribution in [0.15, 0.2) is 0 Å². The van der Waals surface area contributed by atoms with E-state index in [9.17, 15) is 0 Å². The summed E-state index contributed by atoms with van der Waals surface area (Å²) in [6.45, 7) is 2.74. The molecule has 0 aromatic rings. The first kappa shape index (κ1) is 7.98. The number of nitrogens with two attached hydrogens (primary N) is 1. The molecule has 3 atom stereocenters. The molecule has 0 aromatic carbocycles. The van der Waals surface area contributed by atoms with Crippen LogP contribution in [-0.2, 0) is 4.74 Å². The van der Waals surface area contributed by atoms with E-state index in [4.69, 9.17) is 15.6 Å². The second-order valence-electron chi connectivity index (χ2n) is 2.90. The molecule has 1 rings (SSSR count). The third kappa shape index (κ3) is 1.48. The molecule has 3 N–H and O–H groups in total. The standard InChI is InChI=1S/C7H15NO2/c1-5-2-6(3-8)7(4-9)10-5/h5-7,9H,2-4,8H2,1H3/t5-,6-,7+/m0/s1. The molecule has 0 saturated carbocycles. The summed E-state index contributed by atoms with van der Waals surface area (Å²) in [5.41, 5.74) is 5.47. The Balaban J connectivity index is 2.41. The second kappa shape index (κ2) is 3.32. The fourth-order valence-corrected chi connectivity index (χ4v) is 1.48. The van der Waals surface area contributed by atoms with E-state index in [-0.39, 0.29) is 18.8 Å². The summed E-state index contributed by atoms with van der Waals surface area (Å²) in [5.74, 6) is 0.361. The van der Waals surface area contributed by atoms with Crippen molar-refractivity contribution in [2.24, 2.45) is 11.7 Å². The van der Waals surface area contributed by atoms with Gasteiger partial charge in [0.1, 0.15) is 0 Å². The van der Waals surface area contributed by atoms with E-state index < -0.39 is 0 Å². The van der Waals surface area contributed by atoms with Crippen molar-refractivity contribution in [3.8, 4) is 0 Å². The molecule has 1 saturated heterocycles. The molecule has 1 heterocycles. The lowest BCUT2D eigenvalue weighted by atomic mass is 10.0. The van der Waals surface area contributed by atoms with Crippen LogP contribution in [0.2, 0.25) is 0 Å². The Bertz CT molecular complexity index is 95.8. The summed E-state index contributed by atoms with van der Waals surface area (Å²) in [7, 11) is 0. The monoisotopic (exact) mass is 145 g/mol. The molecule has 0 aliphatic carbocycles. The minimum absolute atomic E-state index is 0.0139. The van der Waals surface area contributed by atoms with Crippen LogP contribution in [0, 0.1) is 5.92 Å². The second-order valence-corrected chi connectivity index (χ2v) is 2.90. The van der Waals surface area contributed by atoms with Gasteiger partial charge in [0, 0.05) is 5.92 Å². The van der Waals surface area contributed by atoms with Crippen molar-refractivity contribution in [1.82, 2.24) is 0 Å². The topological polar surface area (TPSA) is 55.5 Å². The maximum absolute atomic E-state index is 8.80. The fraction of sp³-hybridized carbons (Fsp3) is 1.00. The highest BCUT2D eigenvalue weighted by atomic mass is 16.5. The lowest BCUT2D eigenvalue weighted by molar-refractivity contribution is 0.00774. The Morgan fingerprint density at radius 1 is 1.70 bits per heavy atom. The summed E-state index contributed by atoms with van der Waals surface area (Å²) >= 11 is 0. The van der Waals surface area contributed by atoms with E-state index in [2.05, 4.69) is 0 Å². The number of aliphatic hydroxyl groups excluding tert-OH is 1. The zero-order chi connectivity index (χ0) is 7.56. The molecule has 0 radical (unpaired) electrons. The molecular formula is C7H15NO2. The smallest absolute Gasteiger partial charge is 0.0850 e. The average molecular weight is 145 g/mol. The summed E-state index contributed by atoms with van der Waals surface area (Å²) < 4.78 is 5.38. The van der Waals surface area contributed by atoms with Gasteiger partial charge in [-0.3, -0.25) is 0 Å². The van der Waals surface area contributed by atoms with Gasteiger partial charge in [-0.05, 0) is 19.9 Å². The van der Waals surface area contributed by atoms with Crippen molar-refractivity contribution in [1.29, 1.82) is 0 Å². The van der Waals surface area contributed by atoms with Crippen LogP contribution in [-0.4, -0.2) is 30.5 Å². The Morgan fingerprint density at radius 2 is 2.40 bits per heavy atom. The quantitative estimate of drug-likeness (QED) is 0.562. The van der Waals surface area contributed by atoms with Crippen molar-refractivity contribution < 1.29 is 9.84 Å². The van der Waals surface area contributed by atoms with Gasteiger partial charge in [0.15, 0.2) is 0 Å². The number of rotatable bonds is 2. The van der Waals surface area contributed by atoms with Crippen LogP contribution < -0.4 is 5.73 Å². The predicted molar refractivity (Wildman–Crippen MR) is 38.6 cm³/mol. The van der Waals surface area contributed by atoms with Crippen molar-refractivity contribution in [2.75, 3.05) is 13.2 Å². The zero-order valence-electron chi connectivity index (χ0n) is 6.29. The lowest BCUT2D eigenvalue weighted by Gasteiger charge is -2.12.